The van der Waals surface area contributed by atoms with E-state index in [1.165, 1.54) is 0 Å². The molecular weight excluding hydrogens is 330 g/mol. The summed E-state index contributed by atoms with van der Waals surface area (Å²) in [6.45, 7) is 3.29. The molecule has 11 heteroatoms. The molecule has 1 fully saturated rings. The second-order valence-electron chi connectivity index (χ2n) is 4.70. The molecule has 1 heterocycles. The lowest BCUT2D eigenvalue weighted by atomic mass is 9.99. The molecule has 0 N–H and O–H groups in total. The normalized spacial score (nSPS) is 29.8. The maximum absolute atomic E-state index is 11.4. The van der Waals surface area contributed by atoms with E-state index in [0.717, 1.165) is 20.8 Å². The highest BCUT2D eigenvalue weighted by atomic mass is 32.1. The Labute approximate surface area is 137 Å². The fourth-order valence-electron chi connectivity index (χ4n) is 2.14. The van der Waals surface area contributed by atoms with Crippen LogP contribution in [-0.4, -0.2) is 54.3 Å². The number of hydrogen-bond donors (Lipinski definition) is 1. The fraction of sp³-hybridized carbons (Fsp3) is 0.750. The van der Waals surface area contributed by atoms with Gasteiger partial charge in [0.2, 0.25) is 0 Å². The topological polar surface area (TPSA) is 137 Å². The Bertz CT molecular complexity index is 523. The van der Waals surface area contributed by atoms with Crippen molar-refractivity contribution < 1.29 is 33.3 Å². The number of hydrogen-bond acceptors (Lipinski definition) is 9. The molecule has 0 unspecified atom stereocenters. The number of azide groups is 1. The first-order valence-corrected chi connectivity index (χ1v) is 7.14. The van der Waals surface area contributed by atoms with Crippen molar-refractivity contribution >= 4 is 30.5 Å². The molecule has 128 valence electrons. The van der Waals surface area contributed by atoms with Crippen molar-refractivity contribution in [1.29, 1.82) is 0 Å². The lowest BCUT2D eigenvalue weighted by molar-refractivity contribution is -0.229. The molecule has 0 aromatic rings. The smallest absolute Gasteiger partial charge is 0.303 e. The van der Waals surface area contributed by atoms with Crippen molar-refractivity contribution in [2.75, 3.05) is 6.54 Å². The predicted molar refractivity (Wildman–Crippen MR) is 78.3 cm³/mol. The van der Waals surface area contributed by atoms with Crippen molar-refractivity contribution in [3.8, 4) is 0 Å². The zero-order chi connectivity index (χ0) is 17.6. The molecule has 0 spiro atoms. The molecule has 0 aromatic carbocycles. The molecule has 1 rings (SSSR count). The Balaban J connectivity index is 3.15. The molecule has 0 radical (unpaired) electrons. The molecule has 1 aliphatic heterocycles. The molecule has 0 amide bonds. The van der Waals surface area contributed by atoms with Crippen LogP contribution in [0.3, 0.4) is 0 Å². The fourth-order valence-corrected chi connectivity index (χ4v) is 2.52. The third-order valence-electron chi connectivity index (χ3n) is 2.84. The van der Waals surface area contributed by atoms with Crippen LogP contribution in [0.2, 0.25) is 0 Å². The number of esters is 3. The van der Waals surface area contributed by atoms with E-state index in [4.69, 9.17) is 24.5 Å². The largest absolute Gasteiger partial charge is 0.456 e. The Morgan fingerprint density at radius 2 is 1.52 bits per heavy atom. The maximum Gasteiger partial charge on any atom is 0.303 e. The van der Waals surface area contributed by atoms with Crippen LogP contribution < -0.4 is 0 Å². The van der Waals surface area contributed by atoms with Gasteiger partial charge in [0.15, 0.2) is 18.3 Å². The van der Waals surface area contributed by atoms with Crippen molar-refractivity contribution in [3.63, 3.8) is 0 Å². The van der Waals surface area contributed by atoms with Gasteiger partial charge in [0, 0.05) is 25.7 Å². The van der Waals surface area contributed by atoms with Gasteiger partial charge in [-0.2, -0.15) is 0 Å². The summed E-state index contributed by atoms with van der Waals surface area (Å²) in [6.07, 6.45) is -4.26. The lowest BCUT2D eigenvalue weighted by Crippen LogP contribution is -2.60. The molecule has 1 aliphatic rings. The van der Waals surface area contributed by atoms with E-state index in [2.05, 4.69) is 22.7 Å². The third-order valence-corrected chi connectivity index (χ3v) is 3.26. The number of ether oxygens (including phenoxy) is 4. The van der Waals surface area contributed by atoms with Gasteiger partial charge in [-0.15, -0.1) is 12.6 Å². The highest BCUT2D eigenvalue weighted by Gasteiger charge is 2.50. The van der Waals surface area contributed by atoms with Crippen molar-refractivity contribution in [3.05, 3.63) is 10.4 Å². The van der Waals surface area contributed by atoms with Crippen LogP contribution in [0.25, 0.3) is 10.4 Å². The summed E-state index contributed by atoms with van der Waals surface area (Å²) in [5.41, 5.74) is 7.47. The highest BCUT2D eigenvalue weighted by Crippen LogP contribution is 2.30. The molecule has 0 aromatic heterocycles. The van der Waals surface area contributed by atoms with Crippen LogP contribution in [0.5, 0.6) is 0 Å². The minimum Gasteiger partial charge on any atom is -0.456 e. The van der Waals surface area contributed by atoms with Crippen LogP contribution in [-0.2, 0) is 33.3 Å². The van der Waals surface area contributed by atoms with Gasteiger partial charge in [-0.05, 0) is 5.53 Å². The van der Waals surface area contributed by atoms with Crippen LogP contribution in [0.1, 0.15) is 20.8 Å². The molecule has 10 nitrogen and oxygen atoms in total. The standard InChI is InChI=1S/C12H17N3O7S/c1-5(16)19-9-8(4-14-15-13)22-12(23)11(21-7(3)18)10(9)20-6(2)17/h8-12,23H,4H2,1-3H3/t8-,9-,10+,11+,12-/m1/s1. The first-order valence-electron chi connectivity index (χ1n) is 6.62. The third kappa shape index (κ3) is 5.62. The zero-order valence-corrected chi connectivity index (χ0v) is 13.6. The zero-order valence-electron chi connectivity index (χ0n) is 12.7. The quantitative estimate of drug-likeness (QED) is 0.193. The van der Waals surface area contributed by atoms with Crippen molar-refractivity contribution in [1.82, 2.24) is 0 Å². The molecule has 0 saturated carbocycles. The SMILES string of the molecule is CC(=O)O[C@@H]1[C@H](OC(C)=O)[C@@H](S)O[C@H](CN=[N+]=[N-])[C@H]1OC(C)=O. The molecule has 0 aliphatic carbocycles. The van der Waals surface area contributed by atoms with Gasteiger partial charge in [-0.25, -0.2) is 0 Å². The van der Waals surface area contributed by atoms with Gasteiger partial charge in [0.05, 0.1) is 6.54 Å². The minimum absolute atomic E-state index is 0.184. The summed E-state index contributed by atoms with van der Waals surface area (Å²) in [5, 5.41) is 3.37. The van der Waals surface area contributed by atoms with Crippen LogP contribution in [0.4, 0.5) is 0 Å². The van der Waals surface area contributed by atoms with Crippen LogP contribution in [0, 0.1) is 0 Å². The van der Waals surface area contributed by atoms with Crippen LogP contribution in [0.15, 0.2) is 5.11 Å². The number of carbonyl (C=O) groups is 3. The number of rotatable bonds is 5. The average molecular weight is 347 g/mol. The van der Waals surface area contributed by atoms with E-state index in [1.54, 1.807) is 0 Å². The molecule has 1 saturated heterocycles. The molecule has 23 heavy (non-hydrogen) atoms. The lowest BCUT2D eigenvalue weighted by Gasteiger charge is -2.42. The Hall–Kier alpha value is -1.97. The van der Waals surface area contributed by atoms with E-state index in [1.807, 2.05) is 0 Å². The van der Waals surface area contributed by atoms with Crippen LogP contribution >= 0.6 is 12.6 Å². The van der Waals surface area contributed by atoms with E-state index < -0.39 is 47.8 Å². The second kappa shape index (κ2) is 8.61. The maximum atomic E-state index is 11.4. The first kappa shape index (κ1) is 19.1. The summed E-state index contributed by atoms with van der Waals surface area (Å²) in [5.74, 6) is -1.99. The van der Waals surface area contributed by atoms with Gasteiger partial charge in [0.25, 0.3) is 0 Å². The Morgan fingerprint density at radius 1 is 1.04 bits per heavy atom. The van der Waals surface area contributed by atoms with E-state index in [9.17, 15) is 14.4 Å². The van der Waals surface area contributed by atoms with E-state index in [-0.39, 0.29) is 6.54 Å². The predicted octanol–water partition coefficient (Wildman–Crippen LogP) is 0.746. The summed E-state index contributed by atoms with van der Waals surface area (Å²) in [6, 6.07) is 0. The van der Waals surface area contributed by atoms with Crippen molar-refractivity contribution in [2.24, 2.45) is 5.11 Å². The minimum atomic E-state index is -1.14. The average Bonchev–Trinajstić information content (AvgIpc) is 2.42. The summed E-state index contributed by atoms with van der Waals surface area (Å²) >= 11 is 4.16. The summed E-state index contributed by atoms with van der Waals surface area (Å²) in [7, 11) is 0. The monoisotopic (exact) mass is 347 g/mol. The summed E-state index contributed by atoms with van der Waals surface area (Å²) < 4.78 is 20.8. The molecule has 5 atom stereocenters. The first-order chi connectivity index (χ1) is 10.8. The van der Waals surface area contributed by atoms with Gasteiger partial charge in [-0.1, -0.05) is 5.11 Å². The number of thiol groups is 1. The van der Waals surface area contributed by atoms with Gasteiger partial charge < -0.3 is 18.9 Å². The summed E-state index contributed by atoms with van der Waals surface area (Å²) in [4.78, 5) is 36.5. The van der Waals surface area contributed by atoms with Gasteiger partial charge >= 0.3 is 17.9 Å². The highest BCUT2D eigenvalue weighted by molar-refractivity contribution is 7.80. The number of carbonyl (C=O) groups excluding carboxylic acids is 3. The Kier molecular flexibility index (Phi) is 7.14. The van der Waals surface area contributed by atoms with Gasteiger partial charge in [0.1, 0.15) is 11.5 Å². The second-order valence-corrected chi connectivity index (χ2v) is 5.21. The van der Waals surface area contributed by atoms with Gasteiger partial charge in [-0.3, -0.25) is 14.4 Å². The molecular formula is C12H17N3O7S. The van der Waals surface area contributed by atoms with Crippen molar-refractivity contribution in [2.45, 2.75) is 50.6 Å². The molecule has 0 bridgehead atoms. The van der Waals surface area contributed by atoms with E-state index in [0.29, 0.717) is 0 Å². The number of nitrogens with zero attached hydrogens (tertiary/aromatic N) is 3. The van der Waals surface area contributed by atoms with E-state index >= 15 is 0 Å². The Morgan fingerprint density at radius 3 is 2.00 bits per heavy atom.